The first kappa shape index (κ1) is 21.3. The lowest BCUT2D eigenvalue weighted by molar-refractivity contribution is -0.151. The second-order valence-corrected chi connectivity index (χ2v) is 8.07. The van der Waals surface area contributed by atoms with Gasteiger partial charge in [-0.15, -0.1) is 0 Å². The van der Waals surface area contributed by atoms with Gasteiger partial charge < -0.3 is 19.4 Å². The highest BCUT2D eigenvalue weighted by Crippen LogP contribution is 2.23. The fourth-order valence-corrected chi connectivity index (χ4v) is 3.94. The summed E-state index contributed by atoms with van der Waals surface area (Å²) in [6.45, 7) is 5.64. The summed E-state index contributed by atoms with van der Waals surface area (Å²) in [4.78, 5) is 43.8. The highest BCUT2D eigenvalue weighted by molar-refractivity contribution is 5.90. The van der Waals surface area contributed by atoms with Crippen molar-refractivity contribution in [3.05, 3.63) is 35.9 Å². The van der Waals surface area contributed by atoms with Crippen molar-refractivity contribution in [1.29, 1.82) is 0 Å². The van der Waals surface area contributed by atoms with Gasteiger partial charge >= 0.3 is 5.97 Å². The van der Waals surface area contributed by atoms with Crippen LogP contribution < -0.4 is 0 Å². The molecular formula is C22H31N3O4. The molecule has 2 heterocycles. The number of hydrogen-bond donors (Lipinski definition) is 0. The summed E-state index contributed by atoms with van der Waals surface area (Å²) in [6.07, 6.45) is 1.54. The molecule has 0 radical (unpaired) electrons. The van der Waals surface area contributed by atoms with Crippen molar-refractivity contribution in [3.63, 3.8) is 0 Å². The largest absolute Gasteiger partial charge is 0.461 e. The summed E-state index contributed by atoms with van der Waals surface area (Å²) in [5.41, 5.74) is 0.914. The second-order valence-electron chi connectivity index (χ2n) is 8.07. The van der Waals surface area contributed by atoms with Gasteiger partial charge in [0.15, 0.2) is 0 Å². The molecule has 0 aliphatic carbocycles. The van der Waals surface area contributed by atoms with Crippen molar-refractivity contribution in [2.75, 3.05) is 39.8 Å². The number of amides is 2. The maximum absolute atomic E-state index is 12.9. The lowest BCUT2D eigenvalue weighted by Gasteiger charge is -2.36. The smallest absolute Gasteiger partial charge is 0.306 e. The Labute approximate surface area is 172 Å². The Morgan fingerprint density at radius 1 is 1.07 bits per heavy atom. The number of benzene rings is 1. The predicted molar refractivity (Wildman–Crippen MR) is 109 cm³/mol. The molecule has 158 valence electrons. The molecule has 7 heteroatoms. The minimum absolute atomic E-state index is 0.0254. The Balaban J connectivity index is 1.51. The zero-order valence-electron chi connectivity index (χ0n) is 17.4. The van der Waals surface area contributed by atoms with Crippen LogP contribution in [0.3, 0.4) is 0 Å². The quantitative estimate of drug-likeness (QED) is 0.676. The highest BCUT2D eigenvalue weighted by atomic mass is 16.5. The van der Waals surface area contributed by atoms with Gasteiger partial charge in [0.1, 0.15) is 12.6 Å². The molecule has 2 aliphatic rings. The third-order valence-electron chi connectivity index (χ3n) is 5.77. The predicted octanol–water partition coefficient (Wildman–Crippen LogP) is 1.52. The first-order valence-corrected chi connectivity index (χ1v) is 10.4. The molecule has 0 saturated carbocycles. The molecule has 2 saturated heterocycles. The van der Waals surface area contributed by atoms with Crippen LogP contribution >= 0.6 is 0 Å². The second kappa shape index (κ2) is 9.87. The maximum atomic E-state index is 12.9. The number of hydrogen-bond acceptors (Lipinski definition) is 5. The number of piperazine rings is 1. The normalized spacial score (nSPS) is 21.1. The van der Waals surface area contributed by atoms with Gasteiger partial charge in [0.05, 0.1) is 6.42 Å². The number of likely N-dealkylation sites (N-methyl/N-ethyl adjacent to an activating group) is 1. The third kappa shape index (κ3) is 5.56. The van der Waals surface area contributed by atoms with E-state index in [0.29, 0.717) is 26.1 Å². The number of carbonyl (C=O) groups is 3. The SMILES string of the molecule is C[C@H](CC(=O)OCc1ccccc1)C(=O)N1CCC[C@H]1C(=O)N1CCN(C)CC1. The lowest BCUT2D eigenvalue weighted by atomic mass is 10.1. The van der Waals surface area contributed by atoms with Crippen LogP contribution in [0.2, 0.25) is 0 Å². The Morgan fingerprint density at radius 2 is 1.76 bits per heavy atom. The number of rotatable bonds is 6. The lowest BCUT2D eigenvalue weighted by Crippen LogP contribution is -2.54. The number of ether oxygens (including phenoxy) is 1. The topological polar surface area (TPSA) is 70.2 Å². The molecule has 2 aliphatic heterocycles. The molecule has 0 bridgehead atoms. The van der Waals surface area contributed by atoms with Gasteiger partial charge in [0.2, 0.25) is 11.8 Å². The Kier molecular flexibility index (Phi) is 7.25. The Morgan fingerprint density at radius 3 is 2.45 bits per heavy atom. The van der Waals surface area contributed by atoms with E-state index in [4.69, 9.17) is 4.74 Å². The van der Waals surface area contributed by atoms with Gasteiger partial charge in [-0.25, -0.2) is 0 Å². The van der Waals surface area contributed by atoms with Gasteiger partial charge in [-0.1, -0.05) is 37.3 Å². The summed E-state index contributed by atoms with van der Waals surface area (Å²) in [7, 11) is 2.05. The molecule has 0 N–H and O–H groups in total. The van der Waals surface area contributed by atoms with E-state index < -0.39 is 17.9 Å². The number of nitrogens with zero attached hydrogens (tertiary/aromatic N) is 3. The standard InChI is InChI=1S/C22H31N3O4/c1-17(15-20(26)29-16-18-7-4-3-5-8-18)21(27)25-10-6-9-19(25)22(28)24-13-11-23(2)12-14-24/h3-5,7-8,17,19H,6,9-16H2,1-2H3/t17-,19+/m1/s1. The number of likely N-dealkylation sites (tertiary alicyclic amines) is 1. The molecule has 0 aromatic heterocycles. The molecule has 3 rings (SSSR count). The van der Waals surface area contributed by atoms with Crippen LogP contribution in [0.25, 0.3) is 0 Å². The van der Waals surface area contributed by atoms with E-state index in [1.165, 1.54) is 0 Å². The van der Waals surface area contributed by atoms with Crippen LogP contribution in [-0.4, -0.2) is 78.3 Å². The summed E-state index contributed by atoms with van der Waals surface area (Å²) in [5, 5.41) is 0. The van der Waals surface area contributed by atoms with E-state index in [1.807, 2.05) is 42.3 Å². The first-order valence-electron chi connectivity index (χ1n) is 10.4. The van der Waals surface area contributed by atoms with E-state index in [0.717, 1.165) is 25.1 Å². The summed E-state index contributed by atoms with van der Waals surface area (Å²) < 4.78 is 5.30. The van der Waals surface area contributed by atoms with Crippen LogP contribution in [-0.2, 0) is 25.7 Å². The molecule has 7 nitrogen and oxygen atoms in total. The monoisotopic (exact) mass is 401 g/mol. The molecule has 1 aromatic carbocycles. The van der Waals surface area contributed by atoms with Crippen LogP contribution in [0, 0.1) is 5.92 Å². The molecule has 29 heavy (non-hydrogen) atoms. The van der Waals surface area contributed by atoms with Crippen molar-refractivity contribution in [3.8, 4) is 0 Å². The summed E-state index contributed by atoms with van der Waals surface area (Å²) in [5.74, 6) is -0.982. The third-order valence-corrected chi connectivity index (χ3v) is 5.77. The average molecular weight is 402 g/mol. The van der Waals surface area contributed by atoms with Gasteiger partial charge in [0, 0.05) is 38.6 Å². The molecule has 0 spiro atoms. The molecular weight excluding hydrogens is 370 g/mol. The van der Waals surface area contributed by atoms with Crippen LogP contribution in [0.15, 0.2) is 30.3 Å². The van der Waals surface area contributed by atoms with E-state index >= 15 is 0 Å². The van der Waals surface area contributed by atoms with Gasteiger partial charge in [-0.05, 0) is 25.5 Å². The zero-order valence-corrected chi connectivity index (χ0v) is 17.4. The molecule has 2 fully saturated rings. The van der Waals surface area contributed by atoms with E-state index in [-0.39, 0.29) is 24.8 Å². The van der Waals surface area contributed by atoms with Crippen LogP contribution in [0.5, 0.6) is 0 Å². The average Bonchev–Trinajstić information content (AvgIpc) is 3.22. The fraction of sp³-hybridized carbons (Fsp3) is 0.591. The fourth-order valence-electron chi connectivity index (χ4n) is 3.94. The van der Waals surface area contributed by atoms with Crippen molar-refractivity contribution >= 4 is 17.8 Å². The van der Waals surface area contributed by atoms with Crippen molar-refractivity contribution in [2.24, 2.45) is 5.92 Å². The van der Waals surface area contributed by atoms with E-state index in [1.54, 1.807) is 11.8 Å². The van der Waals surface area contributed by atoms with Crippen molar-refractivity contribution in [2.45, 2.75) is 38.8 Å². The first-order chi connectivity index (χ1) is 14.0. The van der Waals surface area contributed by atoms with Crippen LogP contribution in [0.1, 0.15) is 31.7 Å². The molecule has 1 aromatic rings. The molecule has 0 unspecified atom stereocenters. The van der Waals surface area contributed by atoms with Gasteiger partial charge in [-0.2, -0.15) is 0 Å². The van der Waals surface area contributed by atoms with Gasteiger partial charge in [0.25, 0.3) is 0 Å². The van der Waals surface area contributed by atoms with Crippen molar-refractivity contribution in [1.82, 2.24) is 14.7 Å². The molecule has 2 amide bonds. The Hall–Kier alpha value is -2.41. The number of carbonyl (C=O) groups excluding carboxylic acids is 3. The number of esters is 1. The van der Waals surface area contributed by atoms with E-state index in [2.05, 4.69) is 4.90 Å². The van der Waals surface area contributed by atoms with E-state index in [9.17, 15) is 14.4 Å². The van der Waals surface area contributed by atoms with Gasteiger partial charge in [-0.3, -0.25) is 14.4 Å². The zero-order chi connectivity index (χ0) is 20.8. The van der Waals surface area contributed by atoms with Crippen molar-refractivity contribution < 1.29 is 19.1 Å². The molecule has 2 atom stereocenters. The summed E-state index contributed by atoms with van der Waals surface area (Å²) in [6, 6.07) is 9.07. The Bertz CT molecular complexity index is 716. The summed E-state index contributed by atoms with van der Waals surface area (Å²) >= 11 is 0. The maximum Gasteiger partial charge on any atom is 0.306 e. The minimum atomic E-state index is -0.501. The van der Waals surface area contributed by atoms with Crippen LogP contribution in [0.4, 0.5) is 0 Å². The highest BCUT2D eigenvalue weighted by Gasteiger charge is 2.38. The minimum Gasteiger partial charge on any atom is -0.461 e.